The Morgan fingerprint density at radius 3 is 2.62 bits per heavy atom. The standard InChI is InChI=1S/C13H18FN3O3S/c1-8-13(9(2)16-15-8)21(18,19)17-6-7-20-11-5-3-4-10(14)12(11)17/h3-5,8-9,13,15-16H,6-7H2,1-2H3. The summed E-state index contributed by atoms with van der Waals surface area (Å²) in [5, 5.41) is -0.664. The summed E-state index contributed by atoms with van der Waals surface area (Å²) in [5.41, 5.74) is 5.85. The summed E-state index contributed by atoms with van der Waals surface area (Å²) in [6.07, 6.45) is 0. The van der Waals surface area contributed by atoms with Crippen molar-refractivity contribution < 1.29 is 17.5 Å². The molecule has 0 aliphatic carbocycles. The van der Waals surface area contributed by atoms with Gasteiger partial charge in [0.05, 0.1) is 6.54 Å². The Morgan fingerprint density at radius 2 is 1.95 bits per heavy atom. The van der Waals surface area contributed by atoms with Crippen molar-refractivity contribution in [3.05, 3.63) is 24.0 Å². The normalized spacial score (nSPS) is 29.1. The summed E-state index contributed by atoms with van der Waals surface area (Å²) >= 11 is 0. The van der Waals surface area contributed by atoms with Crippen molar-refractivity contribution in [2.45, 2.75) is 31.2 Å². The minimum Gasteiger partial charge on any atom is -0.489 e. The summed E-state index contributed by atoms with van der Waals surface area (Å²) < 4.78 is 46.5. The summed E-state index contributed by atoms with van der Waals surface area (Å²) in [4.78, 5) is 0. The molecule has 0 amide bonds. The van der Waals surface area contributed by atoms with Crippen LogP contribution in [0.3, 0.4) is 0 Å². The first-order valence-corrected chi connectivity index (χ1v) is 8.37. The second-order valence-corrected chi connectivity index (χ2v) is 7.40. The molecule has 8 heteroatoms. The predicted molar refractivity (Wildman–Crippen MR) is 77.1 cm³/mol. The van der Waals surface area contributed by atoms with Crippen LogP contribution in [-0.4, -0.2) is 38.9 Å². The number of sulfonamides is 1. The Hall–Kier alpha value is -1.38. The van der Waals surface area contributed by atoms with Crippen LogP contribution in [0.4, 0.5) is 10.1 Å². The van der Waals surface area contributed by atoms with Crippen LogP contribution in [0.15, 0.2) is 18.2 Å². The summed E-state index contributed by atoms with van der Waals surface area (Å²) in [7, 11) is -3.71. The van der Waals surface area contributed by atoms with Crippen LogP contribution in [0.2, 0.25) is 0 Å². The smallest absolute Gasteiger partial charge is 0.241 e. The van der Waals surface area contributed by atoms with E-state index in [0.29, 0.717) is 0 Å². The SMILES string of the molecule is CC1NNC(C)C1S(=O)(=O)N1CCOc2cccc(F)c21. The molecule has 2 atom stereocenters. The van der Waals surface area contributed by atoms with Gasteiger partial charge >= 0.3 is 0 Å². The maximum Gasteiger partial charge on any atom is 0.241 e. The lowest BCUT2D eigenvalue weighted by molar-refractivity contribution is 0.312. The zero-order valence-corrected chi connectivity index (χ0v) is 12.7. The van der Waals surface area contributed by atoms with Crippen molar-refractivity contribution in [1.82, 2.24) is 10.9 Å². The molecule has 2 aliphatic heterocycles. The van der Waals surface area contributed by atoms with E-state index >= 15 is 0 Å². The van der Waals surface area contributed by atoms with Crippen molar-refractivity contribution in [3.8, 4) is 5.75 Å². The Morgan fingerprint density at radius 1 is 1.29 bits per heavy atom. The number of benzene rings is 1. The van der Waals surface area contributed by atoms with Gasteiger partial charge < -0.3 is 4.74 Å². The molecule has 1 aromatic carbocycles. The van der Waals surface area contributed by atoms with Gasteiger partial charge in [-0.2, -0.15) is 0 Å². The average molecular weight is 315 g/mol. The van der Waals surface area contributed by atoms with Gasteiger partial charge in [0.1, 0.15) is 23.3 Å². The predicted octanol–water partition coefficient (Wildman–Crippen LogP) is 0.608. The van der Waals surface area contributed by atoms with Crippen LogP contribution in [0, 0.1) is 5.82 Å². The second kappa shape index (κ2) is 5.11. The highest BCUT2D eigenvalue weighted by Crippen LogP contribution is 2.37. The maximum absolute atomic E-state index is 14.1. The second-order valence-electron chi connectivity index (χ2n) is 5.38. The van der Waals surface area contributed by atoms with Gasteiger partial charge in [0.15, 0.2) is 5.82 Å². The largest absolute Gasteiger partial charge is 0.489 e. The van der Waals surface area contributed by atoms with Crippen molar-refractivity contribution >= 4 is 15.7 Å². The molecule has 0 radical (unpaired) electrons. The van der Waals surface area contributed by atoms with Gasteiger partial charge in [0.2, 0.25) is 10.0 Å². The van der Waals surface area contributed by atoms with Crippen LogP contribution in [0.5, 0.6) is 5.75 Å². The fourth-order valence-corrected chi connectivity index (χ4v) is 5.20. The number of nitrogens with one attached hydrogen (secondary N) is 2. The summed E-state index contributed by atoms with van der Waals surface area (Å²) in [6, 6.07) is 3.81. The average Bonchev–Trinajstić information content (AvgIpc) is 2.78. The molecular formula is C13H18FN3O3S. The van der Waals surface area contributed by atoms with Gasteiger partial charge in [-0.1, -0.05) is 6.07 Å². The third-order valence-corrected chi connectivity index (χ3v) is 6.41. The molecule has 2 heterocycles. The lowest BCUT2D eigenvalue weighted by Crippen LogP contribution is -2.49. The molecule has 0 bridgehead atoms. The number of hydrogen-bond acceptors (Lipinski definition) is 5. The zero-order chi connectivity index (χ0) is 15.2. The summed E-state index contributed by atoms with van der Waals surface area (Å²) in [5.74, 6) is -0.320. The van der Waals surface area contributed by atoms with Crippen LogP contribution in [0.25, 0.3) is 0 Å². The number of nitrogens with zero attached hydrogens (tertiary/aromatic N) is 1. The highest BCUT2D eigenvalue weighted by atomic mass is 32.2. The van der Waals surface area contributed by atoms with Crippen molar-refractivity contribution in [1.29, 1.82) is 0 Å². The first-order chi connectivity index (χ1) is 9.93. The number of fused-ring (bicyclic) bond motifs is 1. The van der Waals surface area contributed by atoms with E-state index in [1.807, 2.05) is 0 Å². The molecule has 0 spiro atoms. The van der Waals surface area contributed by atoms with Crippen molar-refractivity contribution in [2.24, 2.45) is 0 Å². The molecule has 3 rings (SSSR count). The molecule has 6 nitrogen and oxygen atoms in total. The minimum atomic E-state index is -3.71. The van der Waals surface area contributed by atoms with Crippen molar-refractivity contribution in [2.75, 3.05) is 17.5 Å². The number of rotatable bonds is 2. The maximum atomic E-state index is 14.1. The number of hydrazine groups is 1. The first-order valence-electron chi connectivity index (χ1n) is 6.87. The van der Waals surface area contributed by atoms with E-state index in [9.17, 15) is 12.8 Å². The number of halogens is 1. The minimum absolute atomic E-state index is 0.00931. The summed E-state index contributed by atoms with van der Waals surface area (Å²) in [6.45, 7) is 3.92. The molecule has 1 fully saturated rings. The van der Waals surface area contributed by atoms with Gasteiger partial charge in [-0.3, -0.25) is 15.2 Å². The topological polar surface area (TPSA) is 70.7 Å². The molecule has 1 saturated heterocycles. The van der Waals surface area contributed by atoms with E-state index in [2.05, 4.69) is 10.9 Å². The third kappa shape index (κ3) is 2.27. The van der Waals surface area contributed by atoms with E-state index in [-0.39, 0.29) is 36.7 Å². The molecule has 116 valence electrons. The number of ether oxygens (including phenoxy) is 1. The lowest BCUT2D eigenvalue weighted by Gasteiger charge is -2.34. The van der Waals surface area contributed by atoms with Crippen molar-refractivity contribution in [3.63, 3.8) is 0 Å². The fourth-order valence-electron chi connectivity index (χ4n) is 2.98. The van der Waals surface area contributed by atoms with Crippen LogP contribution in [-0.2, 0) is 10.0 Å². The quantitative estimate of drug-likeness (QED) is 0.837. The Balaban J connectivity index is 2.06. The Labute approximate surface area is 123 Å². The Bertz CT molecular complexity index is 642. The van der Waals surface area contributed by atoms with E-state index < -0.39 is 21.1 Å². The zero-order valence-electron chi connectivity index (χ0n) is 11.8. The molecule has 1 aromatic rings. The van der Waals surface area contributed by atoms with Gasteiger partial charge in [-0.25, -0.2) is 12.8 Å². The lowest BCUT2D eigenvalue weighted by atomic mass is 10.2. The van der Waals surface area contributed by atoms with Gasteiger partial charge in [0, 0.05) is 12.1 Å². The molecule has 0 saturated carbocycles. The van der Waals surface area contributed by atoms with Crippen LogP contribution in [0.1, 0.15) is 13.8 Å². The fraction of sp³-hybridized carbons (Fsp3) is 0.538. The monoisotopic (exact) mass is 315 g/mol. The molecular weight excluding hydrogens is 297 g/mol. The molecule has 21 heavy (non-hydrogen) atoms. The molecule has 2 aliphatic rings. The van der Waals surface area contributed by atoms with E-state index in [4.69, 9.17) is 4.74 Å². The third-order valence-electron chi connectivity index (χ3n) is 3.93. The van der Waals surface area contributed by atoms with Crippen LogP contribution >= 0.6 is 0 Å². The van der Waals surface area contributed by atoms with Crippen LogP contribution < -0.4 is 19.9 Å². The Kier molecular flexibility index (Phi) is 3.54. The van der Waals surface area contributed by atoms with Gasteiger partial charge in [-0.05, 0) is 26.0 Å². The highest BCUT2D eigenvalue weighted by molar-refractivity contribution is 7.93. The number of hydrogen-bond donors (Lipinski definition) is 2. The highest BCUT2D eigenvalue weighted by Gasteiger charge is 2.45. The molecule has 2 N–H and O–H groups in total. The number of anilines is 1. The van der Waals surface area contributed by atoms with Gasteiger partial charge in [-0.15, -0.1) is 0 Å². The van der Waals surface area contributed by atoms with E-state index in [0.717, 1.165) is 4.31 Å². The number of para-hydroxylation sites is 1. The molecule has 0 aromatic heterocycles. The van der Waals surface area contributed by atoms with E-state index in [1.54, 1.807) is 19.9 Å². The molecule has 2 unspecified atom stereocenters. The van der Waals surface area contributed by atoms with E-state index in [1.165, 1.54) is 12.1 Å². The van der Waals surface area contributed by atoms with Gasteiger partial charge in [0.25, 0.3) is 0 Å². The first kappa shape index (κ1) is 14.6.